The average Bonchev–Trinajstić information content (AvgIpc) is 2.99. The van der Waals surface area contributed by atoms with Gasteiger partial charge in [0.1, 0.15) is 6.61 Å². The molecule has 1 aliphatic rings. The molecular weight excluding hydrogens is 256 g/mol. The number of aliphatic hydroxyl groups is 1. The van der Waals surface area contributed by atoms with Crippen LogP contribution in [0, 0.1) is 17.8 Å². The van der Waals surface area contributed by atoms with Crippen molar-refractivity contribution in [1.29, 1.82) is 0 Å². The molecule has 2 heterocycles. The van der Waals surface area contributed by atoms with Crippen molar-refractivity contribution in [2.24, 2.45) is 5.92 Å². The minimum absolute atomic E-state index is 0.0668. The zero-order chi connectivity index (χ0) is 14.4. The van der Waals surface area contributed by atoms with E-state index in [-0.39, 0.29) is 18.6 Å². The maximum atomic E-state index is 12.1. The first-order chi connectivity index (χ1) is 9.70. The second kappa shape index (κ2) is 7.04. The van der Waals surface area contributed by atoms with Gasteiger partial charge >= 0.3 is 0 Å². The number of hydrogen-bond acceptors (Lipinski definition) is 4. The molecule has 1 amide bonds. The van der Waals surface area contributed by atoms with Gasteiger partial charge in [0.25, 0.3) is 5.91 Å². The summed E-state index contributed by atoms with van der Waals surface area (Å²) >= 11 is 0. The Kier molecular flexibility index (Phi) is 5.10. The van der Waals surface area contributed by atoms with Gasteiger partial charge in [-0.15, -0.1) is 0 Å². The van der Waals surface area contributed by atoms with Crippen LogP contribution in [0.15, 0.2) is 18.5 Å². The van der Waals surface area contributed by atoms with E-state index >= 15 is 0 Å². The van der Waals surface area contributed by atoms with E-state index in [0.717, 1.165) is 13.0 Å². The molecule has 0 spiro atoms. The number of nitrogens with zero attached hydrogens (tertiary/aromatic N) is 1. The van der Waals surface area contributed by atoms with Crippen molar-refractivity contribution in [3.8, 4) is 11.8 Å². The molecule has 5 heteroatoms. The van der Waals surface area contributed by atoms with E-state index in [1.54, 1.807) is 12.3 Å². The minimum Gasteiger partial charge on any atom is -0.384 e. The molecule has 0 aliphatic carbocycles. The predicted octanol–water partition coefficient (Wildman–Crippen LogP) is 0.580. The largest absolute Gasteiger partial charge is 0.384 e. The number of aromatic nitrogens is 1. The van der Waals surface area contributed by atoms with Crippen LogP contribution in [-0.4, -0.2) is 41.9 Å². The van der Waals surface area contributed by atoms with Crippen LogP contribution in [0.25, 0.3) is 0 Å². The van der Waals surface area contributed by atoms with E-state index in [2.05, 4.69) is 22.1 Å². The fourth-order valence-electron chi connectivity index (χ4n) is 2.13. The first-order valence-electron chi connectivity index (χ1n) is 6.64. The van der Waals surface area contributed by atoms with Crippen LogP contribution in [-0.2, 0) is 4.74 Å². The zero-order valence-electron chi connectivity index (χ0n) is 11.4. The lowest BCUT2D eigenvalue weighted by atomic mass is 10.0. The lowest BCUT2D eigenvalue weighted by molar-refractivity contribution is 0.0922. The third-order valence-electron chi connectivity index (χ3n) is 3.34. The summed E-state index contributed by atoms with van der Waals surface area (Å²) in [5.74, 6) is 5.47. The summed E-state index contributed by atoms with van der Waals surface area (Å²) in [6, 6.07) is 1.74. The van der Waals surface area contributed by atoms with Crippen molar-refractivity contribution >= 4 is 5.91 Å². The summed E-state index contributed by atoms with van der Waals surface area (Å²) in [5.41, 5.74) is 1.09. The Balaban J connectivity index is 2.01. The quantitative estimate of drug-likeness (QED) is 0.791. The molecule has 20 heavy (non-hydrogen) atoms. The molecule has 1 saturated heterocycles. The van der Waals surface area contributed by atoms with E-state index in [9.17, 15) is 4.79 Å². The van der Waals surface area contributed by atoms with Crippen molar-refractivity contribution in [3.63, 3.8) is 0 Å². The molecule has 2 atom stereocenters. The van der Waals surface area contributed by atoms with Crippen molar-refractivity contribution < 1.29 is 14.6 Å². The summed E-state index contributed by atoms with van der Waals surface area (Å²) in [7, 11) is 0. The molecule has 5 nitrogen and oxygen atoms in total. The third-order valence-corrected chi connectivity index (χ3v) is 3.34. The Morgan fingerprint density at radius 3 is 3.20 bits per heavy atom. The lowest BCUT2D eigenvalue weighted by Gasteiger charge is -2.19. The maximum Gasteiger partial charge on any atom is 0.253 e. The second-order valence-electron chi connectivity index (χ2n) is 4.81. The number of carbonyl (C=O) groups excluding carboxylic acids is 1. The van der Waals surface area contributed by atoms with Gasteiger partial charge in [-0.05, 0) is 19.4 Å². The number of hydrogen-bond donors (Lipinski definition) is 2. The predicted molar refractivity (Wildman–Crippen MR) is 74.1 cm³/mol. The van der Waals surface area contributed by atoms with Crippen LogP contribution in [0.3, 0.4) is 0 Å². The lowest BCUT2D eigenvalue weighted by Crippen LogP contribution is -2.38. The maximum absolute atomic E-state index is 12.1. The monoisotopic (exact) mass is 274 g/mol. The summed E-state index contributed by atoms with van der Waals surface area (Å²) in [6.07, 6.45) is 4.05. The first-order valence-corrected chi connectivity index (χ1v) is 6.64. The molecular formula is C15H18N2O3. The second-order valence-corrected chi connectivity index (χ2v) is 4.81. The highest BCUT2D eigenvalue weighted by Crippen LogP contribution is 2.16. The van der Waals surface area contributed by atoms with Crippen molar-refractivity contribution in [2.45, 2.75) is 19.4 Å². The molecule has 0 bridgehead atoms. The van der Waals surface area contributed by atoms with E-state index < -0.39 is 0 Å². The number of aliphatic hydroxyl groups excluding tert-OH is 1. The smallest absolute Gasteiger partial charge is 0.253 e. The molecule has 2 unspecified atom stereocenters. The van der Waals surface area contributed by atoms with E-state index in [1.165, 1.54) is 6.20 Å². The van der Waals surface area contributed by atoms with Gasteiger partial charge in [0.05, 0.1) is 12.2 Å². The van der Waals surface area contributed by atoms with E-state index in [0.29, 0.717) is 23.7 Å². The Morgan fingerprint density at radius 1 is 1.65 bits per heavy atom. The van der Waals surface area contributed by atoms with Gasteiger partial charge < -0.3 is 15.2 Å². The molecule has 2 N–H and O–H groups in total. The summed E-state index contributed by atoms with van der Waals surface area (Å²) in [5, 5.41) is 11.6. The van der Waals surface area contributed by atoms with Gasteiger partial charge in [-0.25, -0.2) is 0 Å². The number of pyridine rings is 1. The van der Waals surface area contributed by atoms with Crippen LogP contribution >= 0.6 is 0 Å². The van der Waals surface area contributed by atoms with Gasteiger partial charge in [-0.3, -0.25) is 9.78 Å². The summed E-state index contributed by atoms with van der Waals surface area (Å²) < 4.78 is 5.32. The van der Waals surface area contributed by atoms with Crippen molar-refractivity contribution in [2.75, 3.05) is 19.8 Å². The highest BCUT2D eigenvalue weighted by atomic mass is 16.5. The van der Waals surface area contributed by atoms with Crippen LogP contribution in [0.2, 0.25) is 0 Å². The highest BCUT2D eigenvalue weighted by Gasteiger charge is 2.23. The fraction of sp³-hybridized carbons (Fsp3) is 0.467. The van der Waals surface area contributed by atoms with Crippen molar-refractivity contribution in [3.05, 3.63) is 29.6 Å². The normalized spacial score (nSPS) is 19.0. The van der Waals surface area contributed by atoms with Gasteiger partial charge in [0.2, 0.25) is 0 Å². The molecule has 1 aliphatic heterocycles. The molecule has 1 fully saturated rings. The number of nitrogens with one attached hydrogen (secondary N) is 1. The van der Waals surface area contributed by atoms with E-state index in [4.69, 9.17) is 9.84 Å². The SMILES string of the molecule is CC(NC(=O)c1cncc(C#CCO)c1)C1CCOC1. The number of rotatable bonds is 3. The first kappa shape index (κ1) is 14.5. The average molecular weight is 274 g/mol. The van der Waals surface area contributed by atoms with Gasteiger partial charge in [-0.2, -0.15) is 0 Å². The van der Waals surface area contributed by atoms with Crippen LogP contribution in [0.5, 0.6) is 0 Å². The molecule has 0 radical (unpaired) electrons. The zero-order valence-corrected chi connectivity index (χ0v) is 11.4. The number of ether oxygens (including phenoxy) is 1. The van der Waals surface area contributed by atoms with E-state index in [1.807, 2.05) is 6.92 Å². The van der Waals surface area contributed by atoms with Crippen LogP contribution < -0.4 is 5.32 Å². The van der Waals surface area contributed by atoms with Gasteiger partial charge in [0.15, 0.2) is 0 Å². The molecule has 2 rings (SSSR count). The van der Waals surface area contributed by atoms with Crippen molar-refractivity contribution in [1.82, 2.24) is 10.3 Å². The Bertz CT molecular complexity index is 527. The Morgan fingerprint density at radius 2 is 2.50 bits per heavy atom. The van der Waals surface area contributed by atoms with Gasteiger partial charge in [0, 0.05) is 36.5 Å². The number of amides is 1. The van der Waals surface area contributed by atoms with Crippen LogP contribution in [0.1, 0.15) is 29.3 Å². The standard InChI is InChI=1S/C15H18N2O3/c1-11(13-4-6-20-10-13)17-15(19)14-7-12(3-2-5-18)8-16-9-14/h7-9,11,13,18H,4-6,10H2,1H3,(H,17,19). The molecule has 1 aromatic rings. The number of carbonyl (C=O) groups is 1. The molecule has 0 saturated carbocycles. The van der Waals surface area contributed by atoms with Gasteiger partial charge in [-0.1, -0.05) is 11.8 Å². The molecule has 106 valence electrons. The Labute approximate surface area is 118 Å². The van der Waals surface area contributed by atoms with Crippen LogP contribution in [0.4, 0.5) is 0 Å². The molecule has 1 aromatic heterocycles. The topological polar surface area (TPSA) is 71.5 Å². The third kappa shape index (κ3) is 3.80. The highest BCUT2D eigenvalue weighted by molar-refractivity contribution is 5.94. The summed E-state index contributed by atoms with van der Waals surface area (Å²) in [4.78, 5) is 16.1. The fourth-order valence-corrected chi connectivity index (χ4v) is 2.13. The Hall–Kier alpha value is -1.90. The minimum atomic E-state index is -0.213. The molecule has 0 aromatic carbocycles. The summed E-state index contributed by atoms with van der Waals surface area (Å²) in [6.45, 7) is 3.23.